The van der Waals surface area contributed by atoms with Gasteiger partial charge in [-0.3, -0.25) is 10.1 Å². The second-order valence-corrected chi connectivity index (χ2v) is 7.11. The van der Waals surface area contributed by atoms with Gasteiger partial charge in [0.25, 0.3) is 5.91 Å². The van der Waals surface area contributed by atoms with Crippen LogP contribution in [0.25, 0.3) is 28.1 Å². The minimum atomic E-state index is -0.529. The molecule has 29 heavy (non-hydrogen) atoms. The van der Waals surface area contributed by atoms with Crippen LogP contribution in [-0.2, 0) is 4.79 Å². The molecule has 0 bridgehead atoms. The van der Waals surface area contributed by atoms with Crippen LogP contribution >= 0.6 is 11.3 Å². The number of anilines is 1. The molecule has 0 spiro atoms. The van der Waals surface area contributed by atoms with E-state index in [1.807, 2.05) is 60.0 Å². The first-order valence-electron chi connectivity index (χ1n) is 8.80. The van der Waals surface area contributed by atoms with Crippen molar-refractivity contribution >= 4 is 39.2 Å². The molecule has 0 aliphatic heterocycles. The lowest BCUT2D eigenvalue weighted by Gasteiger charge is -2.06. The summed E-state index contributed by atoms with van der Waals surface area (Å²) in [4.78, 5) is 17.0. The largest absolute Gasteiger partial charge is 0.507 e. The normalized spacial score (nSPS) is 11.2. The van der Waals surface area contributed by atoms with E-state index in [9.17, 15) is 15.2 Å². The fourth-order valence-corrected chi connectivity index (χ4v) is 3.69. The molecule has 1 heterocycles. The van der Waals surface area contributed by atoms with Crippen LogP contribution in [0.4, 0.5) is 5.13 Å². The van der Waals surface area contributed by atoms with Gasteiger partial charge < -0.3 is 5.11 Å². The Kier molecular flexibility index (Phi) is 5.06. The fourth-order valence-electron chi connectivity index (χ4n) is 2.97. The van der Waals surface area contributed by atoms with Crippen molar-refractivity contribution in [2.75, 3.05) is 5.32 Å². The first kappa shape index (κ1) is 18.4. The van der Waals surface area contributed by atoms with Crippen molar-refractivity contribution in [3.63, 3.8) is 0 Å². The Hall–Kier alpha value is -3.95. The summed E-state index contributed by atoms with van der Waals surface area (Å²) in [6.07, 6.45) is 1.52. The van der Waals surface area contributed by atoms with Gasteiger partial charge in [0.2, 0.25) is 0 Å². The van der Waals surface area contributed by atoms with Gasteiger partial charge in [-0.15, -0.1) is 11.3 Å². The van der Waals surface area contributed by atoms with Crippen LogP contribution in [0.15, 0.2) is 77.7 Å². The van der Waals surface area contributed by atoms with Gasteiger partial charge in [0, 0.05) is 16.3 Å². The highest BCUT2D eigenvalue weighted by atomic mass is 32.1. The number of carbonyl (C=O) groups excluding carboxylic acids is 1. The summed E-state index contributed by atoms with van der Waals surface area (Å²) in [7, 11) is 0. The quantitative estimate of drug-likeness (QED) is 0.365. The zero-order valence-corrected chi connectivity index (χ0v) is 16.0. The van der Waals surface area contributed by atoms with Gasteiger partial charge in [-0.05, 0) is 23.1 Å². The Bertz CT molecular complexity index is 1270. The van der Waals surface area contributed by atoms with Crippen LogP contribution < -0.4 is 5.32 Å². The van der Waals surface area contributed by atoms with Gasteiger partial charge in [0.1, 0.15) is 17.4 Å². The zero-order valence-electron chi connectivity index (χ0n) is 15.2. The topological polar surface area (TPSA) is 86.0 Å². The van der Waals surface area contributed by atoms with E-state index >= 15 is 0 Å². The molecule has 0 saturated carbocycles. The number of fused-ring (bicyclic) bond motifs is 1. The van der Waals surface area contributed by atoms with Crippen molar-refractivity contribution < 1.29 is 9.90 Å². The molecule has 1 aromatic heterocycles. The molecule has 3 aromatic carbocycles. The third-order valence-corrected chi connectivity index (χ3v) is 5.15. The molecule has 6 heteroatoms. The van der Waals surface area contributed by atoms with Crippen LogP contribution in [0, 0.1) is 11.3 Å². The van der Waals surface area contributed by atoms with Gasteiger partial charge in [0.05, 0.1) is 5.69 Å². The maximum Gasteiger partial charge on any atom is 0.268 e. The monoisotopic (exact) mass is 397 g/mol. The molecule has 140 valence electrons. The Morgan fingerprint density at radius 3 is 2.52 bits per heavy atom. The molecule has 0 fully saturated rings. The molecular weight excluding hydrogens is 382 g/mol. The number of nitrogens with zero attached hydrogens (tertiary/aromatic N) is 2. The number of phenols is 1. The number of amides is 1. The summed E-state index contributed by atoms with van der Waals surface area (Å²) < 4.78 is 0. The molecule has 5 nitrogen and oxygen atoms in total. The number of nitrogens with one attached hydrogen (secondary N) is 1. The number of aromatic nitrogens is 1. The van der Waals surface area contributed by atoms with Crippen LogP contribution in [-0.4, -0.2) is 16.0 Å². The van der Waals surface area contributed by atoms with Crippen molar-refractivity contribution in [1.29, 1.82) is 5.26 Å². The van der Waals surface area contributed by atoms with E-state index < -0.39 is 5.91 Å². The van der Waals surface area contributed by atoms with Gasteiger partial charge in [-0.1, -0.05) is 60.7 Å². The van der Waals surface area contributed by atoms with Crippen LogP contribution in [0.1, 0.15) is 5.56 Å². The number of nitriles is 1. The van der Waals surface area contributed by atoms with Crippen LogP contribution in [0.5, 0.6) is 5.75 Å². The van der Waals surface area contributed by atoms with Crippen molar-refractivity contribution in [3.05, 3.63) is 83.2 Å². The smallest absolute Gasteiger partial charge is 0.268 e. The van der Waals surface area contributed by atoms with Crippen molar-refractivity contribution in [1.82, 2.24) is 4.98 Å². The van der Waals surface area contributed by atoms with Crippen LogP contribution in [0.2, 0.25) is 0 Å². The minimum Gasteiger partial charge on any atom is -0.507 e. The van der Waals surface area contributed by atoms with Crippen molar-refractivity contribution in [3.8, 4) is 23.1 Å². The summed E-state index contributed by atoms with van der Waals surface area (Å²) in [6, 6.07) is 22.1. The number of carbonyl (C=O) groups is 1. The number of phenolic OH excluding ortho intramolecular Hbond substituents is 1. The lowest BCUT2D eigenvalue weighted by atomic mass is 10.0. The highest BCUT2D eigenvalue weighted by Crippen LogP contribution is 2.29. The van der Waals surface area contributed by atoms with E-state index in [1.54, 1.807) is 18.2 Å². The third kappa shape index (κ3) is 3.86. The summed E-state index contributed by atoms with van der Waals surface area (Å²) in [5.74, 6) is -0.379. The molecule has 0 aliphatic rings. The molecule has 4 rings (SSSR count). The average Bonchev–Trinajstić information content (AvgIpc) is 3.22. The molecule has 2 N–H and O–H groups in total. The highest BCUT2D eigenvalue weighted by Gasteiger charge is 2.13. The van der Waals surface area contributed by atoms with E-state index in [1.165, 1.54) is 17.4 Å². The SMILES string of the molecule is N#C/C(=C\c1ccc(O)c2ccccc12)C(=O)Nc1nc(-c2ccccc2)cs1. The summed E-state index contributed by atoms with van der Waals surface area (Å²) in [5.41, 5.74) is 2.35. The van der Waals surface area contributed by atoms with E-state index in [0.717, 1.165) is 16.6 Å². The van der Waals surface area contributed by atoms with Crippen molar-refractivity contribution in [2.45, 2.75) is 0 Å². The minimum absolute atomic E-state index is 0.0442. The number of benzene rings is 3. The van der Waals surface area contributed by atoms with E-state index in [4.69, 9.17) is 0 Å². The second kappa shape index (κ2) is 7.97. The summed E-state index contributed by atoms with van der Waals surface area (Å²) in [6.45, 7) is 0. The molecule has 0 saturated heterocycles. The zero-order chi connectivity index (χ0) is 20.2. The second-order valence-electron chi connectivity index (χ2n) is 6.25. The Morgan fingerprint density at radius 1 is 1.03 bits per heavy atom. The van der Waals surface area contributed by atoms with E-state index in [-0.39, 0.29) is 11.3 Å². The van der Waals surface area contributed by atoms with Crippen LogP contribution in [0.3, 0.4) is 0 Å². The molecule has 4 aromatic rings. The summed E-state index contributed by atoms with van der Waals surface area (Å²) in [5, 5.41) is 25.9. The lowest BCUT2D eigenvalue weighted by molar-refractivity contribution is -0.112. The number of aromatic hydroxyl groups is 1. The molecule has 0 atom stereocenters. The van der Waals surface area contributed by atoms with E-state index in [0.29, 0.717) is 16.1 Å². The lowest BCUT2D eigenvalue weighted by Crippen LogP contribution is -2.13. The molecular formula is C23H15N3O2S. The Labute approximate surface area is 171 Å². The first-order chi connectivity index (χ1) is 14.2. The van der Waals surface area contributed by atoms with Gasteiger partial charge in [0.15, 0.2) is 5.13 Å². The summed E-state index contributed by atoms with van der Waals surface area (Å²) >= 11 is 1.30. The highest BCUT2D eigenvalue weighted by molar-refractivity contribution is 7.14. The number of hydrogen-bond acceptors (Lipinski definition) is 5. The Morgan fingerprint density at radius 2 is 1.76 bits per heavy atom. The molecule has 0 unspecified atom stereocenters. The molecule has 0 aliphatic carbocycles. The third-order valence-electron chi connectivity index (χ3n) is 4.39. The maximum atomic E-state index is 12.6. The van der Waals surface area contributed by atoms with Gasteiger partial charge in [-0.25, -0.2) is 4.98 Å². The van der Waals surface area contributed by atoms with E-state index in [2.05, 4.69) is 10.3 Å². The standard InChI is InChI=1S/C23H15N3O2S/c24-13-17(12-16-10-11-21(27)19-9-5-4-8-18(16)19)22(28)26-23-25-20(14-29-23)15-6-2-1-3-7-15/h1-12,14,27H,(H,25,26,28)/b17-12+. The van der Waals surface area contributed by atoms with Crippen molar-refractivity contribution in [2.24, 2.45) is 0 Å². The number of rotatable bonds is 4. The number of hydrogen-bond donors (Lipinski definition) is 2. The van der Waals surface area contributed by atoms with Gasteiger partial charge >= 0.3 is 0 Å². The average molecular weight is 397 g/mol. The van der Waals surface area contributed by atoms with Gasteiger partial charge in [-0.2, -0.15) is 5.26 Å². The first-order valence-corrected chi connectivity index (χ1v) is 9.68. The number of thiazole rings is 1. The fraction of sp³-hybridized carbons (Fsp3) is 0. The maximum absolute atomic E-state index is 12.6. The predicted octanol–water partition coefficient (Wildman–Crippen LogP) is 5.21. The Balaban J connectivity index is 1.61. The predicted molar refractivity (Wildman–Crippen MR) is 115 cm³/mol. The molecule has 1 amide bonds. The molecule has 0 radical (unpaired) electrons.